The van der Waals surface area contributed by atoms with Crippen LogP contribution in [0.3, 0.4) is 0 Å². The van der Waals surface area contributed by atoms with Gasteiger partial charge in [-0.1, -0.05) is 17.8 Å². The zero-order chi connectivity index (χ0) is 22.9. The lowest BCUT2D eigenvalue weighted by molar-refractivity contribution is -0.256. The lowest BCUT2D eigenvalue weighted by Gasteiger charge is -2.31. The van der Waals surface area contributed by atoms with E-state index in [0.717, 1.165) is 11.8 Å². The third-order valence-corrected chi connectivity index (χ3v) is 6.63. The average molecular weight is 465 g/mol. The van der Waals surface area contributed by atoms with Gasteiger partial charge in [0.2, 0.25) is 4.93 Å². The Morgan fingerprint density at radius 3 is 2.53 bits per heavy atom. The number of thioether (sulfide) groups is 1. The number of hydrogen-bond donors (Lipinski definition) is 2. The minimum Gasteiger partial charge on any atom is -0.477 e. The van der Waals surface area contributed by atoms with E-state index in [1.807, 2.05) is 0 Å². The Morgan fingerprint density at radius 2 is 1.94 bits per heavy atom. The van der Waals surface area contributed by atoms with E-state index in [-0.39, 0.29) is 38.0 Å². The molecule has 3 aliphatic heterocycles. The molecule has 12 nitrogen and oxygen atoms in total. The number of hydroxylamine groups is 2. The van der Waals surface area contributed by atoms with Gasteiger partial charge in [-0.05, 0) is 12.1 Å². The van der Waals surface area contributed by atoms with Gasteiger partial charge in [0.05, 0.1) is 18.5 Å². The van der Waals surface area contributed by atoms with Crippen LogP contribution >= 0.6 is 11.8 Å². The first kappa shape index (κ1) is 22.0. The minimum atomic E-state index is -2.28. The fourth-order valence-corrected chi connectivity index (χ4v) is 4.72. The van der Waals surface area contributed by atoms with Crippen LogP contribution in [0.15, 0.2) is 24.4 Å². The average Bonchev–Trinajstić information content (AvgIpc) is 3.46. The third-order valence-electron chi connectivity index (χ3n) is 5.25. The van der Waals surface area contributed by atoms with E-state index < -0.39 is 46.4 Å². The zero-order valence-corrected chi connectivity index (χ0v) is 17.5. The Bertz CT molecular complexity index is 974. The van der Waals surface area contributed by atoms with Crippen molar-refractivity contribution in [2.24, 2.45) is 0 Å². The first-order valence-electron chi connectivity index (χ1n) is 9.75. The van der Waals surface area contributed by atoms with Crippen molar-refractivity contribution in [3.05, 3.63) is 30.1 Å². The maximum Gasteiger partial charge on any atom is 0.372 e. The molecule has 0 saturated carbocycles. The molecule has 3 saturated heterocycles. The summed E-state index contributed by atoms with van der Waals surface area (Å²) in [5, 5.41) is 12.5. The van der Waals surface area contributed by atoms with Crippen LogP contribution in [0.25, 0.3) is 0 Å². The van der Waals surface area contributed by atoms with Gasteiger partial charge >= 0.3 is 23.6 Å². The summed E-state index contributed by atoms with van der Waals surface area (Å²) < 4.78 is 10.2. The number of carboxylic acids is 1. The van der Waals surface area contributed by atoms with E-state index in [1.54, 1.807) is 24.4 Å². The maximum absolute atomic E-state index is 13.1. The molecule has 0 radical (unpaired) electrons. The molecule has 0 spiro atoms. The highest BCUT2D eigenvalue weighted by Crippen LogP contribution is 2.40. The summed E-state index contributed by atoms with van der Waals surface area (Å²) in [4.78, 5) is 68.8. The smallest absolute Gasteiger partial charge is 0.372 e. The van der Waals surface area contributed by atoms with E-state index in [0.29, 0.717) is 10.8 Å². The number of carbonyl (C=O) groups is 5. The molecule has 4 heterocycles. The number of hydrogen-bond acceptors (Lipinski definition) is 10. The largest absolute Gasteiger partial charge is 0.477 e. The fourth-order valence-electron chi connectivity index (χ4n) is 3.58. The molecule has 4 rings (SSSR count). The summed E-state index contributed by atoms with van der Waals surface area (Å²) in [6, 6.07) is 4.04. The quantitative estimate of drug-likeness (QED) is 0.510. The van der Waals surface area contributed by atoms with Gasteiger partial charge in [-0.3, -0.25) is 29.0 Å². The molecule has 2 amide bonds. The van der Waals surface area contributed by atoms with E-state index in [1.165, 1.54) is 0 Å². The van der Waals surface area contributed by atoms with Gasteiger partial charge in [0.15, 0.2) is 0 Å². The Hall–Kier alpha value is -3.19. The number of carbonyl (C=O) groups excluding carboxylic acids is 4. The van der Waals surface area contributed by atoms with Crippen molar-refractivity contribution >= 4 is 41.5 Å². The number of amides is 2. The highest BCUT2D eigenvalue weighted by Gasteiger charge is 2.60. The number of cyclic esters (lactones) is 2. The van der Waals surface area contributed by atoms with Crippen LogP contribution in [0, 0.1) is 0 Å². The fraction of sp³-hybridized carbons (Fsp3) is 0.474. The van der Waals surface area contributed by atoms with Crippen LogP contribution in [-0.2, 0) is 44.0 Å². The Labute approximate surface area is 185 Å². The van der Waals surface area contributed by atoms with Gasteiger partial charge < -0.3 is 19.9 Å². The zero-order valence-electron chi connectivity index (χ0n) is 16.6. The molecule has 3 aliphatic rings. The van der Waals surface area contributed by atoms with Crippen molar-refractivity contribution in [1.82, 2.24) is 15.4 Å². The van der Waals surface area contributed by atoms with Crippen LogP contribution < -0.4 is 5.32 Å². The summed E-state index contributed by atoms with van der Waals surface area (Å²) in [7, 11) is 0. The molecule has 1 aromatic heterocycles. The summed E-state index contributed by atoms with van der Waals surface area (Å²) in [5.41, 5.74) is -1.61. The van der Waals surface area contributed by atoms with Crippen molar-refractivity contribution in [3.8, 4) is 0 Å². The van der Waals surface area contributed by atoms with Crippen LogP contribution in [0.1, 0.15) is 31.4 Å². The standard InChI is InChI=1S/C19H19N3O9S/c23-13-4-6-18(30-13,17(27)28)22-15(25)12(9-29-22)21-16(26)19(7-5-14(24)31-19)32-10-11-3-1-2-8-20-11/h1-3,8,12H,4-7,9-10H2,(H,21,26)(H,27,28)/t12-,18?,19?/m0/s1. The molecule has 3 atom stereocenters. The molecular weight excluding hydrogens is 446 g/mol. The van der Waals surface area contributed by atoms with Gasteiger partial charge in [-0.25, -0.2) is 4.79 Å². The molecule has 3 fully saturated rings. The Balaban J connectivity index is 1.47. The monoisotopic (exact) mass is 465 g/mol. The molecule has 2 N–H and O–H groups in total. The van der Waals surface area contributed by atoms with Crippen LogP contribution in [0.4, 0.5) is 0 Å². The number of aromatic nitrogens is 1. The van der Waals surface area contributed by atoms with E-state index in [4.69, 9.17) is 14.3 Å². The molecule has 170 valence electrons. The first-order chi connectivity index (χ1) is 15.3. The van der Waals surface area contributed by atoms with Gasteiger partial charge in [-0.2, -0.15) is 5.06 Å². The van der Waals surface area contributed by atoms with Crippen LogP contribution in [0.2, 0.25) is 0 Å². The molecule has 0 aliphatic carbocycles. The Morgan fingerprint density at radius 1 is 1.19 bits per heavy atom. The van der Waals surface area contributed by atoms with Gasteiger partial charge in [0.25, 0.3) is 11.8 Å². The summed E-state index contributed by atoms with van der Waals surface area (Å²) in [6.07, 6.45) is 1.24. The second kappa shape index (κ2) is 8.39. The molecule has 13 heteroatoms. The third kappa shape index (κ3) is 3.88. The number of pyridine rings is 1. The number of carboxylic acid groups (broad SMARTS) is 1. The predicted molar refractivity (Wildman–Crippen MR) is 104 cm³/mol. The second-order valence-corrected chi connectivity index (χ2v) is 8.59. The number of esters is 2. The number of rotatable bonds is 7. The van der Waals surface area contributed by atoms with Gasteiger partial charge in [0.1, 0.15) is 12.6 Å². The summed E-state index contributed by atoms with van der Waals surface area (Å²) >= 11 is 1.06. The Kier molecular flexibility index (Phi) is 5.77. The maximum atomic E-state index is 13.1. The number of ether oxygens (including phenoxy) is 2. The molecule has 2 unspecified atom stereocenters. The van der Waals surface area contributed by atoms with E-state index >= 15 is 0 Å². The van der Waals surface area contributed by atoms with Crippen molar-refractivity contribution in [2.75, 3.05) is 6.61 Å². The molecule has 32 heavy (non-hydrogen) atoms. The second-order valence-electron chi connectivity index (χ2n) is 7.35. The van der Waals surface area contributed by atoms with Crippen molar-refractivity contribution in [2.45, 2.75) is 48.1 Å². The van der Waals surface area contributed by atoms with E-state index in [2.05, 4.69) is 10.3 Å². The summed E-state index contributed by atoms with van der Waals surface area (Å²) in [6.45, 7) is -0.369. The molecule has 0 bridgehead atoms. The highest BCUT2D eigenvalue weighted by atomic mass is 32.2. The lowest BCUT2D eigenvalue weighted by atomic mass is 10.1. The van der Waals surface area contributed by atoms with Crippen molar-refractivity contribution in [1.29, 1.82) is 0 Å². The normalized spacial score (nSPS) is 29.7. The SMILES string of the molecule is O=C1CCC(SCc2ccccn2)(C(=O)N[C@H]2CON(C3(C(=O)O)CCC(=O)O3)C2=O)O1. The summed E-state index contributed by atoms with van der Waals surface area (Å²) in [5.74, 6) is -4.21. The predicted octanol–water partition coefficient (Wildman–Crippen LogP) is -0.275. The van der Waals surface area contributed by atoms with Crippen molar-refractivity contribution in [3.63, 3.8) is 0 Å². The van der Waals surface area contributed by atoms with Gasteiger partial charge in [-0.15, -0.1) is 0 Å². The number of nitrogens with one attached hydrogen (secondary N) is 1. The topological polar surface area (TPSA) is 161 Å². The number of nitrogens with zero attached hydrogens (tertiary/aromatic N) is 2. The van der Waals surface area contributed by atoms with Crippen molar-refractivity contribution < 1.29 is 43.4 Å². The first-order valence-corrected chi connectivity index (χ1v) is 10.7. The van der Waals surface area contributed by atoms with Crippen LogP contribution in [0.5, 0.6) is 0 Å². The van der Waals surface area contributed by atoms with Crippen LogP contribution in [-0.4, -0.2) is 68.2 Å². The highest BCUT2D eigenvalue weighted by molar-refractivity contribution is 8.00. The number of aliphatic carboxylic acids is 1. The minimum absolute atomic E-state index is 0.0297. The van der Waals surface area contributed by atoms with Gasteiger partial charge in [0, 0.05) is 24.8 Å². The van der Waals surface area contributed by atoms with E-state index in [9.17, 15) is 29.1 Å². The molecule has 0 aromatic carbocycles. The molecular formula is C19H19N3O9S. The molecule has 1 aromatic rings. The lowest BCUT2D eigenvalue weighted by Crippen LogP contribution is -2.57.